The minimum Gasteiger partial charge on any atom is -0.465 e. The third kappa shape index (κ3) is 4.24. The van der Waals surface area contributed by atoms with E-state index in [9.17, 15) is 23.1 Å². The number of anilines is 1. The van der Waals surface area contributed by atoms with Gasteiger partial charge in [0.1, 0.15) is 5.82 Å². The van der Waals surface area contributed by atoms with Crippen molar-refractivity contribution in [1.82, 2.24) is 4.90 Å². The molecule has 0 spiro atoms. The fourth-order valence-electron chi connectivity index (χ4n) is 3.58. The highest BCUT2D eigenvalue weighted by atomic mass is 19.2. The molecule has 1 aliphatic rings. The van der Waals surface area contributed by atoms with Gasteiger partial charge in [-0.25, -0.2) is 18.0 Å². The second-order valence-corrected chi connectivity index (χ2v) is 6.79. The molecule has 1 amide bonds. The highest BCUT2D eigenvalue weighted by Gasteiger charge is 2.25. The summed E-state index contributed by atoms with van der Waals surface area (Å²) >= 11 is 0. The number of benzene rings is 2. The van der Waals surface area contributed by atoms with Crippen LogP contribution in [0.1, 0.15) is 19.3 Å². The zero-order chi connectivity index (χ0) is 19.6. The SMILES string of the molecule is CN1CCCC1CCN(C(=O)O)c1ccc(F)cc1-c1ccc(F)c(F)c1. The smallest absolute Gasteiger partial charge is 0.411 e. The summed E-state index contributed by atoms with van der Waals surface area (Å²) in [5.74, 6) is -2.67. The number of carboxylic acid groups (broad SMARTS) is 1. The molecule has 1 saturated heterocycles. The first kappa shape index (κ1) is 19.2. The molecular formula is C20H21F3N2O2. The second-order valence-electron chi connectivity index (χ2n) is 6.79. The molecule has 7 heteroatoms. The number of rotatable bonds is 5. The van der Waals surface area contributed by atoms with Crippen molar-refractivity contribution in [3.05, 3.63) is 53.8 Å². The quantitative estimate of drug-likeness (QED) is 0.817. The minimum absolute atomic E-state index is 0.205. The predicted molar refractivity (Wildman–Crippen MR) is 97.4 cm³/mol. The highest BCUT2D eigenvalue weighted by molar-refractivity contribution is 5.92. The molecule has 3 rings (SSSR count). The lowest BCUT2D eigenvalue weighted by Crippen LogP contribution is -2.35. The van der Waals surface area contributed by atoms with Crippen molar-refractivity contribution in [1.29, 1.82) is 0 Å². The van der Waals surface area contributed by atoms with E-state index in [1.165, 1.54) is 12.1 Å². The van der Waals surface area contributed by atoms with Gasteiger partial charge in [-0.15, -0.1) is 0 Å². The molecule has 1 fully saturated rings. The van der Waals surface area contributed by atoms with Gasteiger partial charge >= 0.3 is 6.09 Å². The van der Waals surface area contributed by atoms with Gasteiger partial charge in [-0.05, 0) is 68.8 Å². The van der Waals surface area contributed by atoms with Crippen LogP contribution in [-0.2, 0) is 0 Å². The fraction of sp³-hybridized carbons (Fsp3) is 0.350. The van der Waals surface area contributed by atoms with Crippen LogP contribution in [0.15, 0.2) is 36.4 Å². The summed E-state index contributed by atoms with van der Waals surface area (Å²) in [6.45, 7) is 1.21. The predicted octanol–water partition coefficient (Wildman–Crippen LogP) is 4.74. The molecule has 1 heterocycles. The number of carbonyl (C=O) groups is 1. The van der Waals surface area contributed by atoms with E-state index < -0.39 is 23.5 Å². The molecule has 1 aliphatic heterocycles. The Bertz CT molecular complexity index is 844. The molecule has 0 bridgehead atoms. The minimum atomic E-state index is -1.17. The molecule has 0 radical (unpaired) electrons. The van der Waals surface area contributed by atoms with E-state index in [2.05, 4.69) is 4.90 Å². The molecule has 1 unspecified atom stereocenters. The highest BCUT2D eigenvalue weighted by Crippen LogP contribution is 2.33. The lowest BCUT2D eigenvalue weighted by Gasteiger charge is -2.26. The molecule has 144 valence electrons. The molecule has 2 aromatic carbocycles. The first-order chi connectivity index (χ1) is 12.9. The van der Waals surface area contributed by atoms with Gasteiger partial charge in [0.05, 0.1) is 5.69 Å². The maximum absolute atomic E-state index is 13.8. The summed E-state index contributed by atoms with van der Waals surface area (Å²) in [6.07, 6.45) is 1.54. The van der Waals surface area contributed by atoms with Crippen molar-refractivity contribution in [2.24, 2.45) is 0 Å². The molecule has 0 aromatic heterocycles. The van der Waals surface area contributed by atoms with Gasteiger partial charge in [0, 0.05) is 18.2 Å². The van der Waals surface area contributed by atoms with E-state index in [1.807, 2.05) is 7.05 Å². The molecule has 0 aliphatic carbocycles. The Labute approximate surface area is 155 Å². The van der Waals surface area contributed by atoms with E-state index in [-0.39, 0.29) is 23.4 Å². The summed E-state index contributed by atoms with van der Waals surface area (Å²) in [4.78, 5) is 15.2. The summed E-state index contributed by atoms with van der Waals surface area (Å²) < 4.78 is 40.7. The zero-order valence-electron chi connectivity index (χ0n) is 15.0. The van der Waals surface area contributed by atoms with Crippen LogP contribution in [0.5, 0.6) is 0 Å². The van der Waals surface area contributed by atoms with Gasteiger partial charge in [0.25, 0.3) is 0 Å². The van der Waals surface area contributed by atoms with E-state index >= 15 is 0 Å². The largest absolute Gasteiger partial charge is 0.465 e. The van der Waals surface area contributed by atoms with Gasteiger partial charge < -0.3 is 10.0 Å². The molecule has 2 aromatic rings. The Morgan fingerprint density at radius 2 is 1.96 bits per heavy atom. The van der Waals surface area contributed by atoms with Crippen molar-refractivity contribution in [3.63, 3.8) is 0 Å². The Hall–Kier alpha value is -2.54. The topological polar surface area (TPSA) is 43.8 Å². The number of likely N-dealkylation sites (tertiary alicyclic amines) is 1. The van der Waals surface area contributed by atoms with E-state index in [0.717, 1.165) is 48.6 Å². The van der Waals surface area contributed by atoms with Crippen molar-refractivity contribution >= 4 is 11.8 Å². The molecule has 4 nitrogen and oxygen atoms in total. The Morgan fingerprint density at radius 1 is 1.19 bits per heavy atom. The molecular weight excluding hydrogens is 357 g/mol. The molecule has 0 saturated carbocycles. The third-order valence-corrected chi connectivity index (χ3v) is 5.07. The van der Waals surface area contributed by atoms with Crippen LogP contribution >= 0.6 is 0 Å². The van der Waals surface area contributed by atoms with Crippen molar-refractivity contribution in [2.45, 2.75) is 25.3 Å². The second kappa shape index (κ2) is 8.00. The summed E-state index contributed by atoms with van der Waals surface area (Å²) in [7, 11) is 2.01. The normalized spacial score (nSPS) is 17.3. The van der Waals surface area contributed by atoms with Gasteiger partial charge in [-0.3, -0.25) is 4.90 Å². The van der Waals surface area contributed by atoms with Crippen LogP contribution in [0.25, 0.3) is 11.1 Å². The molecule has 27 heavy (non-hydrogen) atoms. The number of hydrogen-bond donors (Lipinski definition) is 1. The summed E-state index contributed by atoms with van der Waals surface area (Å²) in [5.41, 5.74) is 0.666. The Balaban J connectivity index is 1.94. The number of nitrogens with zero attached hydrogens (tertiary/aromatic N) is 2. The van der Waals surface area contributed by atoms with Crippen molar-refractivity contribution < 1.29 is 23.1 Å². The average molecular weight is 378 g/mol. The van der Waals surface area contributed by atoms with E-state index in [4.69, 9.17) is 0 Å². The van der Waals surface area contributed by atoms with Crippen LogP contribution in [-0.4, -0.2) is 42.3 Å². The fourth-order valence-corrected chi connectivity index (χ4v) is 3.58. The zero-order valence-corrected chi connectivity index (χ0v) is 15.0. The van der Waals surface area contributed by atoms with E-state index in [0.29, 0.717) is 12.5 Å². The lowest BCUT2D eigenvalue weighted by atomic mass is 10.0. The third-order valence-electron chi connectivity index (χ3n) is 5.07. The van der Waals surface area contributed by atoms with Crippen molar-refractivity contribution in [3.8, 4) is 11.1 Å². The van der Waals surface area contributed by atoms with Crippen LogP contribution < -0.4 is 4.90 Å². The van der Waals surface area contributed by atoms with Crippen molar-refractivity contribution in [2.75, 3.05) is 25.0 Å². The first-order valence-electron chi connectivity index (χ1n) is 8.82. The summed E-state index contributed by atoms with van der Waals surface area (Å²) in [5, 5.41) is 9.69. The van der Waals surface area contributed by atoms with Crippen LogP contribution in [0.3, 0.4) is 0 Å². The van der Waals surface area contributed by atoms with Crippen LogP contribution in [0.4, 0.5) is 23.7 Å². The number of halogens is 3. The maximum Gasteiger partial charge on any atom is 0.411 e. The van der Waals surface area contributed by atoms with Gasteiger partial charge in [-0.1, -0.05) is 6.07 Å². The lowest BCUT2D eigenvalue weighted by molar-refractivity contribution is 0.200. The summed E-state index contributed by atoms with van der Waals surface area (Å²) in [6, 6.07) is 7.14. The molecule has 1 N–H and O–H groups in total. The maximum atomic E-state index is 13.8. The standard InChI is InChI=1S/C20H21F3N2O2/c1-24-9-2-3-15(24)8-10-25(20(26)27)19-7-5-14(21)12-16(19)13-4-6-17(22)18(23)11-13/h4-7,11-12,15H,2-3,8-10H2,1H3,(H,26,27). The monoisotopic (exact) mass is 378 g/mol. The van der Waals surface area contributed by atoms with Crippen LogP contribution in [0.2, 0.25) is 0 Å². The number of hydrogen-bond acceptors (Lipinski definition) is 2. The Morgan fingerprint density at radius 3 is 2.59 bits per heavy atom. The Kier molecular flexibility index (Phi) is 5.70. The van der Waals surface area contributed by atoms with E-state index in [1.54, 1.807) is 0 Å². The van der Waals surface area contributed by atoms with Gasteiger partial charge in [-0.2, -0.15) is 0 Å². The number of amides is 1. The average Bonchev–Trinajstić information content (AvgIpc) is 3.03. The first-order valence-corrected chi connectivity index (χ1v) is 8.82. The van der Waals surface area contributed by atoms with Gasteiger partial charge in [0.2, 0.25) is 0 Å². The molecule has 1 atom stereocenters. The van der Waals surface area contributed by atoms with Crippen LogP contribution in [0, 0.1) is 17.5 Å². The van der Waals surface area contributed by atoms with Gasteiger partial charge in [0.15, 0.2) is 11.6 Å².